The van der Waals surface area contributed by atoms with E-state index in [1.807, 2.05) is 31.2 Å². The standard InChI is InChI=1S/C19H31NO5S/c1-15(2)13-23-9-5-11-26(21,22)20-16(3)17-6-4-7-18(12-17)25-19-8-10-24-14-19/h4,6-7,12,15-16,19-20H,5,8-11,13-14H2,1-3H3/t16-,19+/m1/s1. The number of sulfonamides is 1. The Morgan fingerprint density at radius 1 is 1.31 bits per heavy atom. The van der Waals surface area contributed by atoms with Gasteiger partial charge in [-0.2, -0.15) is 0 Å². The zero-order valence-corrected chi connectivity index (χ0v) is 16.8. The molecular formula is C19H31NO5S. The summed E-state index contributed by atoms with van der Waals surface area (Å²) in [7, 11) is -3.36. The van der Waals surface area contributed by atoms with Crippen molar-refractivity contribution >= 4 is 10.0 Å². The van der Waals surface area contributed by atoms with Crippen molar-refractivity contribution in [3.05, 3.63) is 29.8 Å². The van der Waals surface area contributed by atoms with Gasteiger partial charge < -0.3 is 14.2 Å². The lowest BCUT2D eigenvalue weighted by Crippen LogP contribution is -2.29. The van der Waals surface area contributed by atoms with Crippen LogP contribution in [0.25, 0.3) is 0 Å². The molecule has 1 fully saturated rings. The van der Waals surface area contributed by atoms with Crippen molar-refractivity contribution in [1.29, 1.82) is 0 Å². The summed E-state index contributed by atoms with van der Waals surface area (Å²) >= 11 is 0. The second-order valence-electron chi connectivity index (χ2n) is 7.16. The highest BCUT2D eigenvalue weighted by Gasteiger charge is 2.19. The lowest BCUT2D eigenvalue weighted by Gasteiger charge is -2.17. The van der Waals surface area contributed by atoms with E-state index in [-0.39, 0.29) is 17.9 Å². The average Bonchev–Trinajstić information content (AvgIpc) is 3.07. The largest absolute Gasteiger partial charge is 0.488 e. The minimum atomic E-state index is -3.36. The molecule has 7 heteroatoms. The highest BCUT2D eigenvalue weighted by atomic mass is 32.2. The molecule has 1 aromatic rings. The second kappa shape index (κ2) is 10.3. The first-order chi connectivity index (χ1) is 12.4. The fraction of sp³-hybridized carbons (Fsp3) is 0.684. The zero-order chi connectivity index (χ0) is 19.0. The molecule has 0 amide bonds. The Hall–Kier alpha value is -1.15. The average molecular weight is 386 g/mol. The molecule has 148 valence electrons. The summed E-state index contributed by atoms with van der Waals surface area (Å²) in [5, 5.41) is 0. The minimum Gasteiger partial charge on any atom is -0.488 e. The predicted octanol–water partition coefficient (Wildman–Crippen LogP) is 2.90. The van der Waals surface area contributed by atoms with E-state index in [1.54, 1.807) is 0 Å². The van der Waals surface area contributed by atoms with E-state index in [4.69, 9.17) is 14.2 Å². The van der Waals surface area contributed by atoms with Crippen molar-refractivity contribution in [1.82, 2.24) is 4.72 Å². The monoisotopic (exact) mass is 385 g/mol. The van der Waals surface area contributed by atoms with Gasteiger partial charge in [0.25, 0.3) is 0 Å². The predicted molar refractivity (Wildman–Crippen MR) is 102 cm³/mol. The lowest BCUT2D eigenvalue weighted by atomic mass is 10.1. The van der Waals surface area contributed by atoms with E-state index in [2.05, 4.69) is 18.6 Å². The van der Waals surface area contributed by atoms with Gasteiger partial charge in [-0.25, -0.2) is 13.1 Å². The molecule has 2 rings (SSSR count). The number of benzene rings is 1. The number of hydrogen-bond donors (Lipinski definition) is 1. The molecule has 0 unspecified atom stereocenters. The fourth-order valence-electron chi connectivity index (χ4n) is 2.72. The van der Waals surface area contributed by atoms with E-state index >= 15 is 0 Å². The van der Waals surface area contributed by atoms with Crippen LogP contribution in [0, 0.1) is 5.92 Å². The molecule has 0 aliphatic carbocycles. The third-order valence-electron chi connectivity index (χ3n) is 4.06. The number of ether oxygens (including phenoxy) is 3. The molecule has 0 aromatic heterocycles. The first-order valence-electron chi connectivity index (χ1n) is 9.28. The van der Waals surface area contributed by atoms with Gasteiger partial charge in [0, 0.05) is 25.7 Å². The van der Waals surface area contributed by atoms with Crippen LogP contribution in [0.3, 0.4) is 0 Å². The lowest BCUT2D eigenvalue weighted by molar-refractivity contribution is 0.111. The Balaban J connectivity index is 1.82. The third kappa shape index (κ3) is 7.61. The Bertz CT molecular complexity index is 641. The molecule has 1 aromatic carbocycles. The van der Waals surface area contributed by atoms with Gasteiger partial charge in [0.2, 0.25) is 10.0 Å². The van der Waals surface area contributed by atoms with Gasteiger partial charge in [0.15, 0.2) is 0 Å². The van der Waals surface area contributed by atoms with Crippen LogP contribution in [-0.4, -0.2) is 46.7 Å². The first-order valence-corrected chi connectivity index (χ1v) is 10.9. The SMILES string of the molecule is CC(C)COCCCS(=O)(=O)N[C@H](C)c1cccc(O[C@H]2CCOC2)c1. The van der Waals surface area contributed by atoms with Gasteiger partial charge in [-0.15, -0.1) is 0 Å². The van der Waals surface area contributed by atoms with Crippen LogP contribution in [-0.2, 0) is 19.5 Å². The third-order valence-corrected chi connectivity index (χ3v) is 5.60. The van der Waals surface area contributed by atoms with Crippen molar-refractivity contribution in [2.75, 3.05) is 32.2 Å². The van der Waals surface area contributed by atoms with Crippen LogP contribution in [0.2, 0.25) is 0 Å². The Labute approximate surface area is 157 Å². The van der Waals surface area contributed by atoms with Crippen molar-refractivity contribution in [3.8, 4) is 5.75 Å². The summed E-state index contributed by atoms with van der Waals surface area (Å²) in [6, 6.07) is 7.23. The van der Waals surface area contributed by atoms with Crippen LogP contribution >= 0.6 is 0 Å². The van der Waals surface area contributed by atoms with E-state index in [1.165, 1.54) is 0 Å². The molecule has 2 atom stereocenters. The molecule has 6 nitrogen and oxygen atoms in total. The van der Waals surface area contributed by atoms with Gasteiger partial charge >= 0.3 is 0 Å². The molecule has 26 heavy (non-hydrogen) atoms. The van der Waals surface area contributed by atoms with E-state index in [0.29, 0.717) is 32.2 Å². The maximum absolute atomic E-state index is 12.3. The maximum atomic E-state index is 12.3. The summed E-state index contributed by atoms with van der Waals surface area (Å²) in [5.74, 6) is 1.26. The Morgan fingerprint density at radius 3 is 2.81 bits per heavy atom. The minimum absolute atomic E-state index is 0.0606. The highest BCUT2D eigenvalue weighted by molar-refractivity contribution is 7.89. The molecule has 0 spiro atoms. The molecular weight excluding hydrogens is 354 g/mol. The van der Waals surface area contributed by atoms with Gasteiger partial charge in [-0.3, -0.25) is 0 Å². The molecule has 0 bridgehead atoms. The summed E-state index contributed by atoms with van der Waals surface area (Å²) in [6.45, 7) is 8.41. The van der Waals surface area contributed by atoms with Gasteiger partial charge in [0.1, 0.15) is 11.9 Å². The first kappa shape index (κ1) is 21.2. The molecule has 1 aliphatic heterocycles. The van der Waals surface area contributed by atoms with Crippen LogP contribution in [0.4, 0.5) is 0 Å². The van der Waals surface area contributed by atoms with Crippen molar-refractivity contribution in [2.45, 2.75) is 45.8 Å². The smallest absolute Gasteiger partial charge is 0.212 e. The molecule has 1 aliphatic rings. The summed E-state index contributed by atoms with van der Waals surface area (Å²) < 4.78 is 43.9. The Morgan fingerprint density at radius 2 is 2.12 bits per heavy atom. The van der Waals surface area contributed by atoms with E-state index < -0.39 is 10.0 Å². The zero-order valence-electron chi connectivity index (χ0n) is 15.9. The molecule has 0 radical (unpaired) electrons. The van der Waals surface area contributed by atoms with Gasteiger partial charge in [0.05, 0.1) is 19.0 Å². The van der Waals surface area contributed by atoms with Crippen molar-refractivity contribution in [2.24, 2.45) is 5.92 Å². The van der Waals surface area contributed by atoms with Gasteiger partial charge in [-0.05, 0) is 37.0 Å². The molecule has 1 N–H and O–H groups in total. The van der Waals surface area contributed by atoms with Crippen LogP contribution in [0.15, 0.2) is 24.3 Å². The van der Waals surface area contributed by atoms with Crippen LogP contribution in [0.5, 0.6) is 5.75 Å². The van der Waals surface area contributed by atoms with Gasteiger partial charge in [-0.1, -0.05) is 26.0 Å². The quantitative estimate of drug-likeness (QED) is 0.593. The summed E-state index contributed by atoms with van der Waals surface area (Å²) in [6.07, 6.45) is 1.44. The molecule has 0 saturated carbocycles. The topological polar surface area (TPSA) is 73.9 Å². The summed E-state index contributed by atoms with van der Waals surface area (Å²) in [4.78, 5) is 0. The second-order valence-corrected chi connectivity index (χ2v) is 9.03. The Kier molecular flexibility index (Phi) is 8.34. The van der Waals surface area contributed by atoms with E-state index in [0.717, 1.165) is 24.3 Å². The number of nitrogens with one attached hydrogen (secondary N) is 1. The highest BCUT2D eigenvalue weighted by Crippen LogP contribution is 2.22. The summed E-state index contributed by atoms with van der Waals surface area (Å²) in [5.41, 5.74) is 0.876. The fourth-order valence-corrected chi connectivity index (χ4v) is 4.01. The maximum Gasteiger partial charge on any atom is 0.212 e. The van der Waals surface area contributed by atoms with E-state index in [9.17, 15) is 8.42 Å². The van der Waals surface area contributed by atoms with Crippen molar-refractivity contribution < 1.29 is 22.6 Å². The number of hydrogen-bond acceptors (Lipinski definition) is 5. The molecule has 1 saturated heterocycles. The normalized spacial score (nSPS) is 19.0. The van der Waals surface area contributed by atoms with Crippen LogP contribution < -0.4 is 9.46 Å². The van der Waals surface area contributed by atoms with Crippen molar-refractivity contribution in [3.63, 3.8) is 0 Å². The molecule has 1 heterocycles. The van der Waals surface area contributed by atoms with Crippen LogP contribution in [0.1, 0.15) is 45.2 Å². The number of rotatable bonds is 11.